The fourth-order valence-electron chi connectivity index (χ4n) is 3.02. The van der Waals surface area contributed by atoms with Gasteiger partial charge in [0.2, 0.25) is 0 Å². The van der Waals surface area contributed by atoms with E-state index in [0.29, 0.717) is 12.8 Å². The first kappa shape index (κ1) is 19.2. The summed E-state index contributed by atoms with van der Waals surface area (Å²) < 4.78 is 5.08. The maximum Gasteiger partial charge on any atom is 0.417 e. The molecule has 0 aromatic heterocycles. The van der Waals surface area contributed by atoms with E-state index >= 15 is 0 Å². The molecule has 136 valence electrons. The Kier molecular flexibility index (Phi) is 6.76. The Bertz CT molecular complexity index is 611. The van der Waals surface area contributed by atoms with Gasteiger partial charge in [0.05, 0.1) is 12.1 Å². The number of benzene rings is 1. The lowest BCUT2D eigenvalue weighted by Gasteiger charge is -2.20. The van der Waals surface area contributed by atoms with E-state index < -0.39 is 6.09 Å². The van der Waals surface area contributed by atoms with E-state index in [1.165, 1.54) is 11.0 Å². The average molecular weight is 345 g/mol. The molecule has 1 aromatic carbocycles. The molecule has 25 heavy (non-hydrogen) atoms. The highest BCUT2D eigenvalue weighted by atomic mass is 16.6. The largest absolute Gasteiger partial charge is 0.447 e. The van der Waals surface area contributed by atoms with Crippen LogP contribution < -0.4 is 0 Å². The predicted molar refractivity (Wildman–Crippen MR) is 95.9 cm³/mol. The second kappa shape index (κ2) is 8.81. The van der Waals surface area contributed by atoms with Gasteiger partial charge in [0.25, 0.3) is 5.91 Å². The van der Waals surface area contributed by atoms with E-state index in [1.54, 1.807) is 13.0 Å². The van der Waals surface area contributed by atoms with Gasteiger partial charge in [-0.05, 0) is 43.2 Å². The molecule has 0 bridgehead atoms. The number of aliphatic hydroxyl groups is 1. The van der Waals surface area contributed by atoms with Crippen molar-refractivity contribution in [2.24, 2.45) is 11.8 Å². The highest BCUT2D eigenvalue weighted by Gasteiger charge is 2.36. The molecule has 1 saturated heterocycles. The fraction of sp³-hybridized carbons (Fsp3) is 0.500. The molecule has 1 fully saturated rings. The van der Waals surface area contributed by atoms with Crippen LogP contribution in [0.1, 0.15) is 32.8 Å². The van der Waals surface area contributed by atoms with Gasteiger partial charge >= 0.3 is 6.09 Å². The highest BCUT2D eigenvalue weighted by Crippen LogP contribution is 2.20. The van der Waals surface area contributed by atoms with E-state index in [0.717, 1.165) is 5.56 Å². The minimum absolute atomic E-state index is 0.129. The van der Waals surface area contributed by atoms with Gasteiger partial charge in [-0.3, -0.25) is 4.79 Å². The molecule has 2 rings (SSSR count). The van der Waals surface area contributed by atoms with Crippen molar-refractivity contribution in [2.75, 3.05) is 6.61 Å². The molecule has 0 radical (unpaired) electrons. The Hall–Kier alpha value is -2.14. The summed E-state index contributed by atoms with van der Waals surface area (Å²) in [6.07, 6.45) is 3.56. The molecule has 0 spiro atoms. The molecule has 5 heteroatoms. The van der Waals surface area contributed by atoms with Crippen molar-refractivity contribution in [3.63, 3.8) is 0 Å². The summed E-state index contributed by atoms with van der Waals surface area (Å²) in [5, 5.41) is 9.47. The maximum atomic E-state index is 12.5. The quantitative estimate of drug-likeness (QED) is 0.771. The van der Waals surface area contributed by atoms with Crippen molar-refractivity contribution in [2.45, 2.75) is 45.8 Å². The van der Waals surface area contributed by atoms with Gasteiger partial charge in [-0.2, -0.15) is 0 Å². The van der Waals surface area contributed by atoms with Gasteiger partial charge < -0.3 is 9.84 Å². The second-order valence-electron chi connectivity index (χ2n) is 6.91. The summed E-state index contributed by atoms with van der Waals surface area (Å²) in [6, 6.07) is 9.47. The molecule has 5 nitrogen and oxygen atoms in total. The second-order valence-corrected chi connectivity index (χ2v) is 6.91. The third-order valence-electron chi connectivity index (χ3n) is 4.67. The molecule has 1 aliphatic heterocycles. The summed E-state index contributed by atoms with van der Waals surface area (Å²) in [5.41, 5.74) is 1.06. The predicted octanol–water partition coefficient (Wildman–Crippen LogP) is 3.18. The number of allylic oxidation sites excluding steroid dienone is 1. The Morgan fingerprint density at radius 1 is 1.32 bits per heavy atom. The molecule has 1 N–H and O–H groups in total. The molecule has 0 aliphatic carbocycles. The first-order valence-electron chi connectivity index (χ1n) is 8.78. The number of amides is 2. The molecule has 1 heterocycles. The maximum absolute atomic E-state index is 12.5. The van der Waals surface area contributed by atoms with Crippen LogP contribution in [0.3, 0.4) is 0 Å². The number of carbonyl (C=O) groups excluding carboxylic acids is 2. The standard InChI is InChI=1S/C20H27NO4/c1-14(15(2)11-16(3)22)9-10-19(23)21-18(13-25-20(21)24)12-17-7-5-4-6-8-17/h4-10,14-16,18,22H,11-13H2,1-3H3/b10-9+/t14-,15-,16+,18+/m1/s1. The molecule has 1 aliphatic rings. The Labute approximate surface area is 149 Å². The van der Waals surface area contributed by atoms with Crippen molar-refractivity contribution in [1.29, 1.82) is 0 Å². The van der Waals surface area contributed by atoms with E-state index in [-0.39, 0.29) is 36.5 Å². The van der Waals surface area contributed by atoms with Crippen LogP contribution in [0, 0.1) is 11.8 Å². The third kappa shape index (κ3) is 5.43. The van der Waals surface area contributed by atoms with Crippen molar-refractivity contribution in [3.8, 4) is 0 Å². The van der Waals surface area contributed by atoms with Crippen LogP contribution in [0.15, 0.2) is 42.5 Å². The van der Waals surface area contributed by atoms with Crippen LogP contribution in [0.2, 0.25) is 0 Å². The highest BCUT2D eigenvalue weighted by molar-refractivity contribution is 5.99. The summed E-state index contributed by atoms with van der Waals surface area (Å²) in [4.78, 5) is 25.7. The van der Waals surface area contributed by atoms with Crippen LogP contribution in [-0.4, -0.2) is 40.8 Å². The van der Waals surface area contributed by atoms with Crippen molar-refractivity contribution >= 4 is 12.0 Å². The van der Waals surface area contributed by atoms with Crippen LogP contribution in [0.4, 0.5) is 4.79 Å². The molecule has 4 atom stereocenters. The number of carbonyl (C=O) groups is 2. The normalized spacial score (nSPS) is 21.2. The smallest absolute Gasteiger partial charge is 0.417 e. The third-order valence-corrected chi connectivity index (χ3v) is 4.67. The molecule has 1 aromatic rings. The molecule has 0 saturated carbocycles. The van der Waals surface area contributed by atoms with Crippen LogP contribution >= 0.6 is 0 Å². The summed E-state index contributed by atoms with van der Waals surface area (Å²) in [5.74, 6) is 0.0268. The Balaban J connectivity index is 2.00. The van der Waals surface area contributed by atoms with E-state index in [2.05, 4.69) is 0 Å². The lowest BCUT2D eigenvalue weighted by molar-refractivity contribution is -0.124. The number of rotatable bonds is 7. The van der Waals surface area contributed by atoms with Gasteiger partial charge in [-0.15, -0.1) is 0 Å². The van der Waals surface area contributed by atoms with Crippen molar-refractivity contribution < 1.29 is 19.4 Å². The Morgan fingerprint density at radius 2 is 2.00 bits per heavy atom. The monoisotopic (exact) mass is 345 g/mol. The first-order valence-corrected chi connectivity index (χ1v) is 8.78. The SMILES string of the molecule is C[C@H](O)C[C@@H](C)[C@H](C)/C=C/C(=O)N1C(=O)OC[C@@H]1Cc1ccccc1. The minimum atomic E-state index is -0.583. The zero-order valence-electron chi connectivity index (χ0n) is 15.1. The van der Waals surface area contributed by atoms with Gasteiger partial charge in [0.15, 0.2) is 0 Å². The van der Waals surface area contributed by atoms with Gasteiger partial charge in [-0.25, -0.2) is 9.69 Å². The number of cyclic esters (lactones) is 1. The van der Waals surface area contributed by atoms with Gasteiger partial charge in [-0.1, -0.05) is 50.3 Å². The van der Waals surface area contributed by atoms with Crippen LogP contribution in [0.5, 0.6) is 0 Å². The minimum Gasteiger partial charge on any atom is -0.447 e. The zero-order chi connectivity index (χ0) is 18.4. The van der Waals surface area contributed by atoms with Crippen LogP contribution in [0.25, 0.3) is 0 Å². The van der Waals surface area contributed by atoms with Crippen molar-refractivity contribution in [1.82, 2.24) is 4.90 Å². The lowest BCUT2D eigenvalue weighted by Crippen LogP contribution is -2.39. The van der Waals surface area contributed by atoms with E-state index in [9.17, 15) is 14.7 Å². The van der Waals surface area contributed by atoms with Crippen molar-refractivity contribution in [3.05, 3.63) is 48.0 Å². The zero-order valence-corrected chi connectivity index (χ0v) is 15.1. The summed E-state index contributed by atoms with van der Waals surface area (Å²) in [6.45, 7) is 6.02. The fourth-order valence-corrected chi connectivity index (χ4v) is 3.02. The summed E-state index contributed by atoms with van der Waals surface area (Å²) >= 11 is 0. The topological polar surface area (TPSA) is 66.8 Å². The van der Waals surface area contributed by atoms with Crippen LogP contribution in [-0.2, 0) is 16.0 Å². The molecular formula is C20H27NO4. The first-order chi connectivity index (χ1) is 11.9. The number of aliphatic hydroxyl groups excluding tert-OH is 1. The van der Waals surface area contributed by atoms with Gasteiger partial charge in [0, 0.05) is 0 Å². The van der Waals surface area contributed by atoms with Gasteiger partial charge in [0.1, 0.15) is 6.61 Å². The molecular weight excluding hydrogens is 318 g/mol. The summed E-state index contributed by atoms with van der Waals surface area (Å²) in [7, 11) is 0. The number of ether oxygens (including phenoxy) is 1. The molecule has 0 unspecified atom stereocenters. The lowest BCUT2D eigenvalue weighted by atomic mass is 9.90. The molecule has 2 amide bonds. The number of imide groups is 1. The number of nitrogens with zero attached hydrogens (tertiary/aromatic N) is 1. The van der Waals surface area contributed by atoms with E-state index in [4.69, 9.17) is 4.74 Å². The van der Waals surface area contributed by atoms with E-state index in [1.807, 2.05) is 44.2 Å². The Morgan fingerprint density at radius 3 is 2.64 bits per heavy atom. The number of hydrogen-bond donors (Lipinski definition) is 1. The average Bonchev–Trinajstić information content (AvgIpc) is 2.93. The number of hydrogen-bond acceptors (Lipinski definition) is 4.